The molecule has 262 valence electrons. The van der Waals surface area contributed by atoms with Crippen molar-refractivity contribution in [2.75, 3.05) is 0 Å². The van der Waals surface area contributed by atoms with Gasteiger partial charge in [-0.3, -0.25) is 0 Å². The van der Waals surface area contributed by atoms with Gasteiger partial charge in [-0.25, -0.2) is 0 Å². The molecule has 11 aromatic rings. The monoisotopic (exact) mass is 714 g/mol. The smallest absolute Gasteiger partial charge is 0.143 e. The lowest BCUT2D eigenvalue weighted by Crippen LogP contribution is -1.88. The Balaban J connectivity index is 0.992. The Hall–Kier alpha value is -7.42. The fourth-order valence-corrected chi connectivity index (χ4v) is 8.25. The Labute approximate surface area is 324 Å². The van der Waals surface area contributed by atoms with E-state index >= 15 is 0 Å². The first-order valence-corrected chi connectivity index (χ1v) is 19.1. The number of hydrogen-bond acceptors (Lipinski definition) is 2. The SMILES string of the molecule is c1ccc(-c2ccc(-c3cc(-c4ccc(-c5cccc6c5oc5ccccc56)cc4)cc(-c4ccc(-c5cccc6c5oc5ccccc56)cc4)c3)cc2)cc1. The van der Waals surface area contributed by atoms with Crippen molar-refractivity contribution < 1.29 is 8.83 Å². The first-order chi connectivity index (χ1) is 27.7. The van der Waals surface area contributed by atoms with E-state index in [0.29, 0.717) is 0 Å². The molecule has 9 aromatic carbocycles. The molecule has 0 atom stereocenters. The van der Waals surface area contributed by atoms with E-state index in [2.05, 4.69) is 182 Å². The Morgan fingerprint density at radius 1 is 0.214 bits per heavy atom. The highest BCUT2D eigenvalue weighted by molar-refractivity contribution is 6.10. The second kappa shape index (κ2) is 13.2. The maximum atomic E-state index is 6.39. The van der Waals surface area contributed by atoms with Crippen LogP contribution in [0.15, 0.2) is 215 Å². The lowest BCUT2D eigenvalue weighted by Gasteiger charge is -2.13. The minimum atomic E-state index is 0.910. The molecule has 2 nitrogen and oxygen atoms in total. The number of benzene rings is 9. The summed E-state index contributed by atoms with van der Waals surface area (Å²) in [5, 5.41) is 4.56. The predicted octanol–water partition coefficient (Wildman–Crippen LogP) is 15.5. The molecule has 0 saturated heterocycles. The summed E-state index contributed by atoms with van der Waals surface area (Å²) in [6.07, 6.45) is 0. The summed E-state index contributed by atoms with van der Waals surface area (Å²) >= 11 is 0. The van der Waals surface area contributed by atoms with E-state index in [0.717, 1.165) is 88.4 Å². The highest BCUT2D eigenvalue weighted by Gasteiger charge is 2.15. The quantitative estimate of drug-likeness (QED) is 0.171. The van der Waals surface area contributed by atoms with Crippen molar-refractivity contribution >= 4 is 43.9 Å². The summed E-state index contributed by atoms with van der Waals surface area (Å²) in [6, 6.07) is 73.5. The van der Waals surface area contributed by atoms with Gasteiger partial charge in [0.1, 0.15) is 22.3 Å². The average molecular weight is 715 g/mol. The molecule has 0 N–H and O–H groups in total. The molecule has 0 bridgehead atoms. The molecule has 0 radical (unpaired) electrons. The first kappa shape index (κ1) is 32.0. The highest BCUT2D eigenvalue weighted by Crippen LogP contribution is 2.40. The van der Waals surface area contributed by atoms with E-state index in [-0.39, 0.29) is 0 Å². The van der Waals surface area contributed by atoms with E-state index < -0.39 is 0 Å². The Kier molecular flexibility index (Phi) is 7.53. The fourth-order valence-electron chi connectivity index (χ4n) is 8.25. The number of fused-ring (bicyclic) bond motifs is 6. The number of hydrogen-bond donors (Lipinski definition) is 0. The molecule has 0 saturated carbocycles. The van der Waals surface area contributed by atoms with Gasteiger partial charge in [-0.05, 0) is 86.0 Å². The third-order valence-electron chi connectivity index (χ3n) is 11.1. The van der Waals surface area contributed by atoms with E-state index in [1.54, 1.807) is 0 Å². The molecule has 0 spiro atoms. The number of rotatable bonds is 6. The van der Waals surface area contributed by atoms with Crippen LogP contribution in [0.1, 0.15) is 0 Å². The van der Waals surface area contributed by atoms with Crippen LogP contribution in [0.4, 0.5) is 0 Å². The van der Waals surface area contributed by atoms with Crippen molar-refractivity contribution in [3.63, 3.8) is 0 Å². The van der Waals surface area contributed by atoms with Gasteiger partial charge in [-0.15, -0.1) is 0 Å². The van der Waals surface area contributed by atoms with Gasteiger partial charge in [0, 0.05) is 32.7 Å². The van der Waals surface area contributed by atoms with Crippen molar-refractivity contribution in [3.8, 4) is 66.8 Å². The molecular weight excluding hydrogens is 681 g/mol. The molecule has 0 amide bonds. The summed E-state index contributed by atoms with van der Waals surface area (Å²) in [4.78, 5) is 0. The Bertz CT molecular complexity index is 3030. The van der Waals surface area contributed by atoms with Crippen LogP contribution in [0, 0.1) is 0 Å². The van der Waals surface area contributed by atoms with Gasteiger partial charge >= 0.3 is 0 Å². The van der Waals surface area contributed by atoms with Gasteiger partial charge in [0.15, 0.2) is 0 Å². The third kappa shape index (κ3) is 5.51. The van der Waals surface area contributed by atoms with Crippen LogP contribution in [-0.2, 0) is 0 Å². The predicted molar refractivity (Wildman–Crippen MR) is 234 cm³/mol. The second-order valence-electron chi connectivity index (χ2n) is 14.5. The average Bonchev–Trinajstić information content (AvgIpc) is 3.86. The normalized spacial score (nSPS) is 11.6. The molecule has 11 rings (SSSR count). The van der Waals surface area contributed by atoms with E-state index in [4.69, 9.17) is 8.83 Å². The van der Waals surface area contributed by atoms with Gasteiger partial charge in [-0.1, -0.05) is 176 Å². The van der Waals surface area contributed by atoms with Crippen molar-refractivity contribution in [2.45, 2.75) is 0 Å². The summed E-state index contributed by atoms with van der Waals surface area (Å²) in [5.41, 5.74) is 17.5. The van der Waals surface area contributed by atoms with Gasteiger partial charge in [-0.2, -0.15) is 0 Å². The lowest BCUT2D eigenvalue weighted by atomic mass is 9.91. The zero-order valence-corrected chi connectivity index (χ0v) is 30.4. The largest absolute Gasteiger partial charge is 0.455 e. The number of para-hydroxylation sites is 4. The van der Waals surface area contributed by atoms with Crippen molar-refractivity contribution in [2.24, 2.45) is 0 Å². The van der Waals surface area contributed by atoms with Crippen molar-refractivity contribution in [3.05, 3.63) is 206 Å². The summed E-state index contributed by atoms with van der Waals surface area (Å²) in [5.74, 6) is 0. The molecule has 0 aliphatic heterocycles. The minimum Gasteiger partial charge on any atom is -0.455 e. The zero-order valence-electron chi connectivity index (χ0n) is 30.4. The van der Waals surface area contributed by atoms with Crippen molar-refractivity contribution in [1.82, 2.24) is 0 Å². The molecule has 56 heavy (non-hydrogen) atoms. The summed E-state index contributed by atoms with van der Waals surface area (Å²) < 4.78 is 12.8. The van der Waals surface area contributed by atoms with Crippen molar-refractivity contribution in [1.29, 1.82) is 0 Å². The fraction of sp³-hybridized carbons (Fsp3) is 0. The molecule has 0 unspecified atom stereocenters. The van der Waals surface area contributed by atoms with Gasteiger partial charge < -0.3 is 8.83 Å². The van der Waals surface area contributed by atoms with Crippen LogP contribution in [0.3, 0.4) is 0 Å². The van der Waals surface area contributed by atoms with Crippen LogP contribution in [0.25, 0.3) is 111 Å². The molecule has 2 aromatic heterocycles. The minimum absolute atomic E-state index is 0.910. The van der Waals surface area contributed by atoms with E-state index in [1.165, 1.54) is 22.3 Å². The molecular formula is C54H34O2. The molecule has 0 fully saturated rings. The maximum absolute atomic E-state index is 6.39. The molecule has 2 heterocycles. The maximum Gasteiger partial charge on any atom is 0.143 e. The lowest BCUT2D eigenvalue weighted by molar-refractivity contribution is 0.669. The van der Waals surface area contributed by atoms with E-state index in [1.807, 2.05) is 24.3 Å². The molecule has 2 heteroatoms. The Morgan fingerprint density at radius 3 is 0.964 bits per heavy atom. The zero-order chi connectivity index (χ0) is 37.0. The number of furan rings is 2. The molecule has 0 aliphatic carbocycles. The summed E-state index contributed by atoms with van der Waals surface area (Å²) in [7, 11) is 0. The first-order valence-electron chi connectivity index (χ1n) is 19.1. The summed E-state index contributed by atoms with van der Waals surface area (Å²) in [6.45, 7) is 0. The third-order valence-corrected chi connectivity index (χ3v) is 11.1. The highest BCUT2D eigenvalue weighted by atomic mass is 16.3. The van der Waals surface area contributed by atoms with E-state index in [9.17, 15) is 0 Å². The van der Waals surface area contributed by atoms with Gasteiger partial charge in [0.2, 0.25) is 0 Å². The van der Waals surface area contributed by atoms with Crippen LogP contribution >= 0.6 is 0 Å². The molecule has 0 aliphatic rings. The standard InChI is InChI=1S/C54H34O2/c1-2-10-35(11-3-1)36-20-22-37(23-21-36)42-32-43(38-24-28-40(29-25-38)45-14-8-16-49-47-12-4-6-18-51(47)55-53(45)49)34-44(33-42)39-26-30-41(31-27-39)46-15-9-17-50-48-13-5-7-19-52(48)56-54(46)50/h1-34H. The van der Waals surface area contributed by atoms with Crippen LogP contribution < -0.4 is 0 Å². The van der Waals surface area contributed by atoms with Gasteiger partial charge in [0.05, 0.1) is 0 Å². The van der Waals surface area contributed by atoms with Crippen LogP contribution in [-0.4, -0.2) is 0 Å². The second-order valence-corrected chi connectivity index (χ2v) is 14.5. The van der Waals surface area contributed by atoms with Crippen LogP contribution in [0.2, 0.25) is 0 Å². The van der Waals surface area contributed by atoms with Gasteiger partial charge in [0.25, 0.3) is 0 Å². The topological polar surface area (TPSA) is 26.3 Å². The van der Waals surface area contributed by atoms with Crippen LogP contribution in [0.5, 0.6) is 0 Å². The Morgan fingerprint density at radius 2 is 0.536 bits per heavy atom.